The zero-order valence-electron chi connectivity index (χ0n) is 14.1. The van der Waals surface area contributed by atoms with Crippen molar-refractivity contribution in [1.82, 2.24) is 0 Å². The molecule has 0 aliphatic carbocycles. The van der Waals surface area contributed by atoms with Gasteiger partial charge in [-0.2, -0.15) is 0 Å². The van der Waals surface area contributed by atoms with Crippen LogP contribution in [0.5, 0.6) is 11.5 Å². The molecule has 4 nitrogen and oxygen atoms in total. The zero-order chi connectivity index (χ0) is 17.3. The van der Waals surface area contributed by atoms with Crippen LogP contribution >= 0.6 is 11.8 Å². The monoisotopic (exact) mass is 341 g/mol. The van der Waals surface area contributed by atoms with Crippen molar-refractivity contribution in [2.24, 2.45) is 0 Å². The lowest BCUT2D eigenvalue weighted by Crippen LogP contribution is -2.07. The highest BCUT2D eigenvalue weighted by molar-refractivity contribution is 8.15. The highest BCUT2D eigenvalue weighted by Crippen LogP contribution is 2.46. The Labute approximate surface area is 146 Å². The van der Waals surface area contributed by atoms with Gasteiger partial charge >= 0.3 is 0 Å². The Morgan fingerprint density at radius 3 is 2.21 bits per heavy atom. The summed E-state index contributed by atoms with van der Waals surface area (Å²) in [6.45, 7) is 0. The van der Waals surface area contributed by atoms with Crippen molar-refractivity contribution in [3.63, 3.8) is 0 Å². The highest BCUT2D eigenvalue weighted by Gasteiger charge is 2.28. The molecule has 1 heterocycles. The van der Waals surface area contributed by atoms with E-state index in [0.717, 1.165) is 21.7 Å². The van der Waals surface area contributed by atoms with Crippen LogP contribution in [0.1, 0.15) is 11.1 Å². The van der Waals surface area contributed by atoms with E-state index in [-0.39, 0.29) is 5.12 Å². The predicted molar refractivity (Wildman–Crippen MR) is 99.1 cm³/mol. The number of benzene rings is 2. The SMILES string of the molecule is COc1cc2c(cc1OC)/C(=C\c1ccc(N(C)C)cc1)C(=O)S2. The molecule has 0 radical (unpaired) electrons. The lowest BCUT2D eigenvalue weighted by molar-refractivity contribution is -0.106. The largest absolute Gasteiger partial charge is 0.493 e. The van der Waals surface area contributed by atoms with Crippen LogP contribution in [0.15, 0.2) is 41.3 Å². The maximum atomic E-state index is 12.4. The van der Waals surface area contributed by atoms with E-state index < -0.39 is 0 Å². The van der Waals surface area contributed by atoms with Gasteiger partial charge in [0.25, 0.3) is 0 Å². The Balaban J connectivity index is 2.02. The zero-order valence-corrected chi connectivity index (χ0v) is 14.9. The lowest BCUT2D eigenvalue weighted by atomic mass is 10.0. The highest BCUT2D eigenvalue weighted by atomic mass is 32.2. The lowest BCUT2D eigenvalue weighted by Gasteiger charge is -2.12. The minimum atomic E-state index is 0.0389. The van der Waals surface area contributed by atoms with E-state index in [2.05, 4.69) is 0 Å². The summed E-state index contributed by atoms with van der Waals surface area (Å²) < 4.78 is 10.7. The quantitative estimate of drug-likeness (QED) is 0.788. The molecule has 5 heteroatoms. The Kier molecular flexibility index (Phi) is 4.53. The molecule has 2 aromatic carbocycles. The summed E-state index contributed by atoms with van der Waals surface area (Å²) >= 11 is 1.22. The third-order valence-electron chi connectivity index (χ3n) is 3.92. The molecule has 0 saturated heterocycles. The Morgan fingerprint density at radius 2 is 1.62 bits per heavy atom. The molecule has 0 saturated carbocycles. The van der Waals surface area contributed by atoms with Gasteiger partial charge in [0.1, 0.15) is 0 Å². The van der Waals surface area contributed by atoms with Crippen LogP contribution in [0.3, 0.4) is 0 Å². The van der Waals surface area contributed by atoms with Crippen LogP contribution < -0.4 is 14.4 Å². The summed E-state index contributed by atoms with van der Waals surface area (Å²) in [6, 6.07) is 11.8. The number of carbonyl (C=O) groups is 1. The van der Waals surface area contributed by atoms with Crippen molar-refractivity contribution in [3.05, 3.63) is 47.5 Å². The van der Waals surface area contributed by atoms with Crippen molar-refractivity contribution in [2.45, 2.75) is 4.90 Å². The Hall–Kier alpha value is -2.40. The maximum absolute atomic E-state index is 12.4. The first kappa shape index (κ1) is 16.5. The molecule has 0 unspecified atom stereocenters. The summed E-state index contributed by atoms with van der Waals surface area (Å²) in [6.07, 6.45) is 1.92. The van der Waals surface area contributed by atoms with Gasteiger partial charge in [0.05, 0.1) is 14.2 Å². The molecule has 1 aliphatic rings. The van der Waals surface area contributed by atoms with Gasteiger partial charge in [-0.1, -0.05) is 12.1 Å². The first-order valence-electron chi connectivity index (χ1n) is 7.51. The number of carbonyl (C=O) groups excluding carboxylic acids is 1. The average Bonchev–Trinajstić information content (AvgIpc) is 2.88. The number of ether oxygens (including phenoxy) is 2. The molecule has 0 amide bonds. The third kappa shape index (κ3) is 2.99. The van der Waals surface area contributed by atoms with E-state index in [0.29, 0.717) is 17.1 Å². The molecule has 2 aromatic rings. The second-order valence-corrected chi connectivity index (χ2v) is 6.65. The first-order chi connectivity index (χ1) is 11.5. The van der Waals surface area contributed by atoms with Crippen LogP contribution in [0.25, 0.3) is 11.6 Å². The molecule has 0 N–H and O–H groups in total. The van der Waals surface area contributed by atoms with Gasteiger partial charge < -0.3 is 14.4 Å². The van der Waals surface area contributed by atoms with Crippen LogP contribution in [0, 0.1) is 0 Å². The number of methoxy groups -OCH3 is 2. The first-order valence-corrected chi connectivity index (χ1v) is 8.33. The number of hydrogen-bond acceptors (Lipinski definition) is 5. The van der Waals surface area contributed by atoms with E-state index in [1.54, 1.807) is 14.2 Å². The summed E-state index contributed by atoms with van der Waals surface area (Å²) in [5.41, 5.74) is 3.69. The van der Waals surface area contributed by atoms with Crippen molar-refractivity contribution in [1.29, 1.82) is 0 Å². The van der Waals surface area contributed by atoms with Crippen LogP contribution in [-0.4, -0.2) is 33.4 Å². The van der Waals surface area contributed by atoms with Crippen molar-refractivity contribution in [3.8, 4) is 11.5 Å². The van der Waals surface area contributed by atoms with Gasteiger partial charge in [0.15, 0.2) is 11.5 Å². The summed E-state index contributed by atoms with van der Waals surface area (Å²) in [4.78, 5) is 15.4. The van der Waals surface area contributed by atoms with E-state index >= 15 is 0 Å². The molecule has 0 spiro atoms. The molecular weight excluding hydrogens is 322 g/mol. The van der Waals surface area contributed by atoms with E-state index in [1.807, 2.05) is 61.5 Å². The third-order valence-corrected chi connectivity index (χ3v) is 4.88. The number of thioether (sulfide) groups is 1. The number of hydrogen-bond donors (Lipinski definition) is 0. The predicted octanol–water partition coefficient (Wildman–Crippen LogP) is 3.94. The van der Waals surface area contributed by atoms with Crippen LogP contribution in [-0.2, 0) is 4.79 Å². The number of rotatable bonds is 4. The molecule has 0 fully saturated rings. The van der Waals surface area contributed by atoms with E-state index in [1.165, 1.54) is 11.8 Å². The number of anilines is 1. The Morgan fingerprint density at radius 1 is 1.00 bits per heavy atom. The molecule has 3 rings (SSSR count). The minimum absolute atomic E-state index is 0.0389. The minimum Gasteiger partial charge on any atom is -0.493 e. The summed E-state index contributed by atoms with van der Waals surface area (Å²) in [5.74, 6) is 1.26. The number of nitrogens with zero attached hydrogens (tertiary/aromatic N) is 1. The van der Waals surface area contributed by atoms with Gasteiger partial charge in [0.2, 0.25) is 5.12 Å². The van der Waals surface area contributed by atoms with Crippen molar-refractivity contribution in [2.75, 3.05) is 33.2 Å². The van der Waals surface area contributed by atoms with Gasteiger partial charge in [-0.15, -0.1) is 0 Å². The summed E-state index contributed by atoms with van der Waals surface area (Å²) in [5, 5.41) is 0.0389. The normalized spacial score (nSPS) is 14.7. The molecule has 0 atom stereocenters. The Bertz CT molecular complexity index is 810. The molecular formula is C19H19NO3S. The molecule has 0 bridgehead atoms. The van der Waals surface area contributed by atoms with Crippen molar-refractivity contribution < 1.29 is 14.3 Å². The van der Waals surface area contributed by atoms with Crippen molar-refractivity contribution >= 4 is 34.2 Å². The smallest absolute Gasteiger partial charge is 0.224 e. The molecule has 1 aliphatic heterocycles. The fourth-order valence-electron chi connectivity index (χ4n) is 2.59. The summed E-state index contributed by atoms with van der Waals surface area (Å²) in [7, 11) is 7.19. The fourth-order valence-corrected chi connectivity index (χ4v) is 3.52. The topological polar surface area (TPSA) is 38.8 Å². The maximum Gasteiger partial charge on any atom is 0.224 e. The standard InChI is InChI=1S/C19H19NO3S/c1-20(2)13-7-5-12(6-8-13)9-15-14-10-16(22-3)17(23-4)11-18(14)24-19(15)21/h5-11H,1-4H3/b15-9+. The fraction of sp³-hybridized carbons (Fsp3) is 0.211. The second-order valence-electron chi connectivity index (χ2n) is 5.64. The van der Waals surface area contributed by atoms with Gasteiger partial charge in [-0.05, 0) is 47.7 Å². The van der Waals surface area contributed by atoms with E-state index in [4.69, 9.17) is 9.47 Å². The van der Waals surface area contributed by atoms with Gasteiger partial charge in [-0.3, -0.25) is 4.79 Å². The average molecular weight is 341 g/mol. The number of fused-ring (bicyclic) bond motifs is 1. The van der Waals surface area contributed by atoms with Gasteiger partial charge in [-0.25, -0.2) is 0 Å². The molecule has 24 heavy (non-hydrogen) atoms. The van der Waals surface area contributed by atoms with Crippen LogP contribution in [0.4, 0.5) is 5.69 Å². The van der Waals surface area contributed by atoms with E-state index in [9.17, 15) is 4.79 Å². The van der Waals surface area contributed by atoms with Crippen LogP contribution in [0.2, 0.25) is 0 Å². The molecule has 0 aromatic heterocycles. The second kappa shape index (κ2) is 6.61. The van der Waals surface area contributed by atoms with Gasteiger partial charge in [0, 0.05) is 35.8 Å². The molecule has 124 valence electrons.